The van der Waals surface area contributed by atoms with Gasteiger partial charge in [0.25, 0.3) is 5.91 Å². The molecule has 0 fully saturated rings. The Bertz CT molecular complexity index is 947. The first-order valence-corrected chi connectivity index (χ1v) is 10.1. The molecule has 9 heteroatoms. The van der Waals surface area contributed by atoms with E-state index in [4.69, 9.17) is 4.74 Å². The van der Waals surface area contributed by atoms with Crippen LogP contribution in [0.3, 0.4) is 0 Å². The first-order valence-electron chi connectivity index (χ1n) is 8.60. The Hall–Kier alpha value is -2.78. The number of hydrogen-bond acceptors (Lipinski definition) is 5. The van der Waals surface area contributed by atoms with Crippen LogP contribution in [-0.4, -0.2) is 33.4 Å². The van der Waals surface area contributed by atoms with Gasteiger partial charge < -0.3 is 10.1 Å². The van der Waals surface area contributed by atoms with E-state index in [-0.39, 0.29) is 23.5 Å². The van der Waals surface area contributed by atoms with Gasteiger partial charge in [0.15, 0.2) is 6.61 Å². The van der Waals surface area contributed by atoms with E-state index in [0.29, 0.717) is 12.0 Å². The van der Waals surface area contributed by atoms with Crippen molar-refractivity contribution in [2.75, 3.05) is 13.2 Å². The van der Waals surface area contributed by atoms with Crippen molar-refractivity contribution in [3.05, 3.63) is 65.5 Å². The number of carbonyl (C=O) groups excluding carboxylic acids is 2. The zero-order valence-corrected chi connectivity index (χ0v) is 16.1. The highest BCUT2D eigenvalue weighted by Gasteiger charge is 2.17. The molecule has 2 rings (SSSR count). The summed E-state index contributed by atoms with van der Waals surface area (Å²) < 4.78 is 45.0. The van der Waals surface area contributed by atoms with Crippen LogP contribution in [0.2, 0.25) is 0 Å². The van der Waals surface area contributed by atoms with Crippen LogP contribution in [0.25, 0.3) is 0 Å². The largest absolute Gasteiger partial charge is 0.452 e. The Morgan fingerprint density at radius 2 is 1.86 bits per heavy atom. The summed E-state index contributed by atoms with van der Waals surface area (Å²) in [6.45, 7) is 1.49. The molecule has 0 aliphatic carbocycles. The second kappa shape index (κ2) is 9.95. The first-order chi connectivity index (χ1) is 13.3. The van der Waals surface area contributed by atoms with Gasteiger partial charge >= 0.3 is 5.97 Å². The second-order valence-corrected chi connectivity index (χ2v) is 7.64. The number of esters is 1. The summed E-state index contributed by atoms with van der Waals surface area (Å²) in [5, 5.41) is 2.44. The fraction of sp³-hybridized carbons (Fsp3) is 0.263. The summed E-state index contributed by atoms with van der Waals surface area (Å²) in [7, 11) is -3.73. The lowest BCUT2D eigenvalue weighted by molar-refractivity contribution is -0.124. The summed E-state index contributed by atoms with van der Waals surface area (Å²) in [5.74, 6) is -1.90. The Morgan fingerprint density at radius 1 is 1.11 bits per heavy atom. The van der Waals surface area contributed by atoms with E-state index in [2.05, 4.69) is 10.0 Å². The van der Waals surface area contributed by atoms with Gasteiger partial charge in [0, 0.05) is 18.7 Å². The second-order valence-electron chi connectivity index (χ2n) is 5.87. The maximum absolute atomic E-state index is 13.5. The van der Waals surface area contributed by atoms with Gasteiger partial charge in [-0.15, -0.1) is 0 Å². The molecule has 7 nitrogen and oxygen atoms in total. The molecule has 0 aliphatic heterocycles. The van der Waals surface area contributed by atoms with Gasteiger partial charge in [0.1, 0.15) is 5.82 Å². The Morgan fingerprint density at radius 3 is 2.57 bits per heavy atom. The SMILES string of the molecule is CCCNS(=O)(=O)c1cccc(C(=O)OCC(=O)NCc2ccccc2F)c1. The number of sulfonamides is 1. The Labute approximate surface area is 163 Å². The molecular weight excluding hydrogens is 387 g/mol. The summed E-state index contributed by atoms with van der Waals surface area (Å²) in [4.78, 5) is 23.8. The lowest BCUT2D eigenvalue weighted by Crippen LogP contribution is -2.28. The molecular formula is C19H21FN2O5S. The van der Waals surface area contributed by atoms with Crippen molar-refractivity contribution in [1.29, 1.82) is 0 Å². The molecule has 0 bridgehead atoms. The fourth-order valence-corrected chi connectivity index (χ4v) is 3.39. The molecule has 0 saturated heterocycles. The molecule has 0 aliphatic rings. The van der Waals surface area contributed by atoms with Crippen LogP contribution in [0.1, 0.15) is 29.3 Å². The number of amides is 1. The number of benzene rings is 2. The van der Waals surface area contributed by atoms with E-state index < -0.39 is 34.3 Å². The van der Waals surface area contributed by atoms with Gasteiger partial charge in [0.05, 0.1) is 10.5 Å². The lowest BCUT2D eigenvalue weighted by atomic mass is 10.2. The normalized spacial score (nSPS) is 11.1. The fourth-order valence-electron chi connectivity index (χ4n) is 2.21. The molecule has 2 N–H and O–H groups in total. The Balaban J connectivity index is 1.91. The van der Waals surface area contributed by atoms with E-state index >= 15 is 0 Å². The van der Waals surface area contributed by atoms with E-state index in [1.165, 1.54) is 42.5 Å². The lowest BCUT2D eigenvalue weighted by Gasteiger charge is -2.09. The minimum atomic E-state index is -3.73. The van der Waals surface area contributed by atoms with Crippen LogP contribution in [0.5, 0.6) is 0 Å². The molecule has 2 aromatic rings. The average molecular weight is 408 g/mol. The highest BCUT2D eigenvalue weighted by molar-refractivity contribution is 7.89. The average Bonchev–Trinajstić information content (AvgIpc) is 2.70. The summed E-state index contributed by atoms with van der Waals surface area (Å²) in [6.07, 6.45) is 0.628. The predicted octanol–water partition coefficient (Wildman–Crippen LogP) is 1.99. The van der Waals surface area contributed by atoms with Gasteiger partial charge in [-0.25, -0.2) is 22.3 Å². The molecule has 0 aromatic heterocycles. The molecule has 150 valence electrons. The van der Waals surface area contributed by atoms with Crippen LogP contribution in [0.4, 0.5) is 4.39 Å². The molecule has 0 unspecified atom stereocenters. The zero-order chi connectivity index (χ0) is 20.6. The van der Waals surface area contributed by atoms with Gasteiger partial charge in [-0.3, -0.25) is 4.79 Å². The zero-order valence-electron chi connectivity index (χ0n) is 15.3. The first kappa shape index (κ1) is 21.5. The van der Waals surface area contributed by atoms with Crippen LogP contribution in [-0.2, 0) is 26.1 Å². The van der Waals surface area contributed by atoms with Crippen molar-refractivity contribution in [1.82, 2.24) is 10.0 Å². The van der Waals surface area contributed by atoms with Gasteiger partial charge in [0.2, 0.25) is 10.0 Å². The molecule has 0 heterocycles. The van der Waals surface area contributed by atoms with Crippen LogP contribution < -0.4 is 10.0 Å². The molecule has 0 radical (unpaired) electrons. The number of nitrogens with one attached hydrogen (secondary N) is 2. The van der Waals surface area contributed by atoms with E-state index in [9.17, 15) is 22.4 Å². The van der Waals surface area contributed by atoms with Gasteiger partial charge in [-0.05, 0) is 30.7 Å². The van der Waals surface area contributed by atoms with E-state index in [1.54, 1.807) is 6.07 Å². The third-order valence-electron chi connectivity index (χ3n) is 3.69. The number of carbonyl (C=O) groups is 2. The van der Waals surface area contributed by atoms with Crippen molar-refractivity contribution in [2.45, 2.75) is 24.8 Å². The van der Waals surface area contributed by atoms with Gasteiger partial charge in [-0.1, -0.05) is 31.2 Å². The topological polar surface area (TPSA) is 102 Å². The van der Waals surface area contributed by atoms with Crippen molar-refractivity contribution in [2.24, 2.45) is 0 Å². The number of ether oxygens (including phenoxy) is 1. The molecule has 0 saturated carbocycles. The molecule has 0 spiro atoms. The number of halogens is 1. The minimum Gasteiger partial charge on any atom is -0.452 e. The summed E-state index contributed by atoms with van der Waals surface area (Å²) in [5.41, 5.74) is 0.306. The maximum Gasteiger partial charge on any atom is 0.338 e. The number of rotatable bonds is 9. The summed E-state index contributed by atoms with van der Waals surface area (Å²) in [6, 6.07) is 11.3. The van der Waals surface area contributed by atoms with Crippen LogP contribution >= 0.6 is 0 Å². The van der Waals surface area contributed by atoms with E-state index in [1.807, 2.05) is 6.92 Å². The quantitative estimate of drug-likeness (QED) is 0.618. The van der Waals surface area contributed by atoms with E-state index in [0.717, 1.165) is 0 Å². The monoisotopic (exact) mass is 408 g/mol. The maximum atomic E-state index is 13.5. The third kappa shape index (κ3) is 6.14. The Kier molecular flexibility index (Phi) is 7.65. The molecule has 2 aromatic carbocycles. The van der Waals surface area contributed by atoms with Crippen LogP contribution in [0, 0.1) is 5.82 Å². The smallest absolute Gasteiger partial charge is 0.338 e. The van der Waals surface area contributed by atoms with Crippen molar-refractivity contribution >= 4 is 21.9 Å². The number of hydrogen-bond donors (Lipinski definition) is 2. The highest BCUT2D eigenvalue weighted by atomic mass is 32.2. The van der Waals surface area contributed by atoms with Gasteiger partial charge in [-0.2, -0.15) is 0 Å². The standard InChI is InChI=1S/C19H21FN2O5S/c1-2-10-22-28(25,26)16-8-5-7-14(11-16)19(24)27-13-18(23)21-12-15-6-3-4-9-17(15)20/h3-9,11,22H,2,10,12-13H2,1H3,(H,21,23). The minimum absolute atomic E-state index is 0.00118. The van der Waals surface area contributed by atoms with Crippen molar-refractivity contribution in [3.8, 4) is 0 Å². The highest BCUT2D eigenvalue weighted by Crippen LogP contribution is 2.12. The molecule has 28 heavy (non-hydrogen) atoms. The predicted molar refractivity (Wildman–Crippen MR) is 100 cm³/mol. The molecule has 0 atom stereocenters. The molecule has 1 amide bonds. The summed E-state index contributed by atoms with van der Waals surface area (Å²) >= 11 is 0. The van der Waals surface area contributed by atoms with Crippen molar-refractivity contribution in [3.63, 3.8) is 0 Å². The van der Waals surface area contributed by atoms with Crippen LogP contribution in [0.15, 0.2) is 53.4 Å². The third-order valence-corrected chi connectivity index (χ3v) is 5.15. The van der Waals surface area contributed by atoms with Crippen molar-refractivity contribution < 1.29 is 27.1 Å².